The number of nitrogens with two attached hydrogens (primary N) is 1. The van der Waals surface area contributed by atoms with Crippen molar-refractivity contribution in [1.29, 1.82) is 0 Å². The lowest BCUT2D eigenvalue weighted by molar-refractivity contribution is -0.126. The smallest absolute Gasteiger partial charge is 0.240 e. The van der Waals surface area contributed by atoms with Gasteiger partial charge in [0.1, 0.15) is 12.6 Å². The van der Waals surface area contributed by atoms with Crippen LogP contribution in [0.2, 0.25) is 10.0 Å². The lowest BCUT2D eigenvalue weighted by Gasteiger charge is -2.23. The first kappa shape index (κ1) is 28.4. The zero-order valence-electron chi connectivity index (χ0n) is 19.9. The van der Waals surface area contributed by atoms with Gasteiger partial charge in [0.05, 0.1) is 28.8 Å². The summed E-state index contributed by atoms with van der Waals surface area (Å²) in [6, 6.07) is 18.1. The molecular formula is C27H31Cl2N5O3. The summed E-state index contributed by atoms with van der Waals surface area (Å²) in [5.74, 6) is 0.652. The molecule has 10 heteroatoms. The second kappa shape index (κ2) is 12.4. The van der Waals surface area contributed by atoms with E-state index >= 15 is 0 Å². The number of pyridine rings is 1. The average Bonchev–Trinajstić information content (AvgIpc) is 3.29. The van der Waals surface area contributed by atoms with Crippen molar-refractivity contribution < 1.29 is 14.3 Å². The molecule has 0 saturated heterocycles. The third-order valence-electron chi connectivity index (χ3n) is 5.44. The summed E-state index contributed by atoms with van der Waals surface area (Å²) in [6.07, 6.45) is 1.80. The summed E-state index contributed by atoms with van der Waals surface area (Å²) in [6.45, 7) is 4.02. The van der Waals surface area contributed by atoms with E-state index in [0.29, 0.717) is 33.9 Å². The van der Waals surface area contributed by atoms with Crippen LogP contribution >= 0.6 is 23.2 Å². The van der Waals surface area contributed by atoms with Gasteiger partial charge in [0.2, 0.25) is 11.6 Å². The predicted molar refractivity (Wildman–Crippen MR) is 146 cm³/mol. The maximum absolute atomic E-state index is 12.7. The zero-order valence-corrected chi connectivity index (χ0v) is 21.5. The number of amides is 1. The summed E-state index contributed by atoms with van der Waals surface area (Å²) < 4.78 is 13.7. The molecule has 3 N–H and O–H groups in total. The van der Waals surface area contributed by atoms with Gasteiger partial charge >= 0.3 is 0 Å². The number of aromatic nitrogens is 3. The van der Waals surface area contributed by atoms with Gasteiger partial charge in [0.15, 0.2) is 11.6 Å². The standard InChI is InChI=1S/C26H27Cl2N5O3.CH4/c1-26(2,29)25(34)30-20(16-35-14-17-8-4-3-5-9-17)23-31-32-24-21(12-7-13-33(23)24)36-15-18-10-6-11-19(27)22(18)28;/h3-13,20H,14-16,29H2,1-2H3,(H,30,34);1H4/t20-;/m1./s1. The van der Waals surface area contributed by atoms with Gasteiger partial charge in [0.25, 0.3) is 0 Å². The molecular weight excluding hydrogens is 513 g/mol. The third-order valence-corrected chi connectivity index (χ3v) is 6.30. The first-order chi connectivity index (χ1) is 17.2. The van der Waals surface area contributed by atoms with E-state index in [1.54, 1.807) is 36.6 Å². The Morgan fingerprint density at radius 2 is 1.81 bits per heavy atom. The molecule has 0 aliphatic heterocycles. The van der Waals surface area contributed by atoms with Crippen LogP contribution in [0.5, 0.6) is 5.75 Å². The fourth-order valence-electron chi connectivity index (χ4n) is 3.47. The Balaban J connectivity index is 0.00000380. The number of rotatable bonds is 10. The lowest BCUT2D eigenvalue weighted by atomic mass is 10.1. The molecule has 0 radical (unpaired) electrons. The van der Waals surface area contributed by atoms with Crippen LogP contribution in [0.25, 0.3) is 5.65 Å². The molecule has 0 bridgehead atoms. The Bertz CT molecular complexity index is 1340. The molecule has 1 amide bonds. The van der Waals surface area contributed by atoms with E-state index in [-0.39, 0.29) is 26.5 Å². The molecule has 0 fully saturated rings. The van der Waals surface area contributed by atoms with Crippen molar-refractivity contribution >= 4 is 34.8 Å². The molecule has 4 aromatic rings. The van der Waals surface area contributed by atoms with Gasteiger partial charge in [-0.05, 0) is 37.6 Å². The Morgan fingerprint density at radius 3 is 2.54 bits per heavy atom. The summed E-state index contributed by atoms with van der Waals surface area (Å²) in [5, 5.41) is 12.5. The van der Waals surface area contributed by atoms with Crippen molar-refractivity contribution in [2.75, 3.05) is 6.61 Å². The van der Waals surface area contributed by atoms with Crippen LogP contribution in [0, 0.1) is 0 Å². The molecule has 8 nitrogen and oxygen atoms in total. The highest BCUT2D eigenvalue weighted by molar-refractivity contribution is 6.42. The highest BCUT2D eigenvalue weighted by Crippen LogP contribution is 2.28. The van der Waals surface area contributed by atoms with Crippen molar-refractivity contribution in [2.45, 2.75) is 46.1 Å². The number of hydrogen-bond donors (Lipinski definition) is 2. The highest BCUT2D eigenvalue weighted by atomic mass is 35.5. The first-order valence-corrected chi connectivity index (χ1v) is 12.1. The molecule has 0 aliphatic rings. The van der Waals surface area contributed by atoms with Crippen LogP contribution in [0.4, 0.5) is 0 Å². The van der Waals surface area contributed by atoms with Gasteiger partial charge in [-0.3, -0.25) is 9.20 Å². The Kier molecular flexibility index (Phi) is 9.50. The van der Waals surface area contributed by atoms with Gasteiger partial charge in [-0.25, -0.2) is 0 Å². The van der Waals surface area contributed by atoms with Crippen molar-refractivity contribution in [2.24, 2.45) is 5.73 Å². The number of carbonyl (C=O) groups excluding carboxylic acids is 1. The maximum Gasteiger partial charge on any atom is 0.240 e. The number of ether oxygens (including phenoxy) is 2. The Hall–Kier alpha value is -3.17. The van der Waals surface area contributed by atoms with Gasteiger partial charge in [-0.2, -0.15) is 0 Å². The molecule has 2 heterocycles. The maximum atomic E-state index is 12.7. The fourth-order valence-corrected chi connectivity index (χ4v) is 3.84. The number of nitrogens with zero attached hydrogens (tertiary/aromatic N) is 3. The van der Waals surface area contributed by atoms with Crippen molar-refractivity contribution in [3.63, 3.8) is 0 Å². The number of nitrogens with one attached hydrogen (secondary N) is 1. The first-order valence-electron chi connectivity index (χ1n) is 11.3. The van der Waals surface area contributed by atoms with E-state index in [2.05, 4.69) is 15.5 Å². The normalized spacial score (nSPS) is 12.1. The lowest BCUT2D eigenvalue weighted by Crippen LogP contribution is -2.50. The quantitative estimate of drug-likeness (QED) is 0.279. The summed E-state index contributed by atoms with van der Waals surface area (Å²) in [4.78, 5) is 12.7. The summed E-state index contributed by atoms with van der Waals surface area (Å²) in [7, 11) is 0. The molecule has 2 aromatic carbocycles. The number of carbonyl (C=O) groups is 1. The van der Waals surface area contributed by atoms with E-state index in [1.807, 2.05) is 48.5 Å². The molecule has 196 valence electrons. The molecule has 2 aromatic heterocycles. The van der Waals surface area contributed by atoms with Crippen LogP contribution in [-0.2, 0) is 22.7 Å². The number of halogens is 2. The Labute approximate surface area is 226 Å². The molecule has 0 spiro atoms. The van der Waals surface area contributed by atoms with Crippen LogP contribution in [0.3, 0.4) is 0 Å². The minimum absolute atomic E-state index is 0. The van der Waals surface area contributed by atoms with Crippen molar-refractivity contribution in [1.82, 2.24) is 19.9 Å². The van der Waals surface area contributed by atoms with E-state index < -0.39 is 11.6 Å². The SMILES string of the molecule is C.CC(C)(N)C(=O)N[C@H](COCc1ccccc1)c1nnc2c(OCc3cccc(Cl)c3Cl)cccn12. The molecule has 37 heavy (non-hydrogen) atoms. The van der Waals surface area contributed by atoms with E-state index in [9.17, 15) is 4.79 Å². The molecule has 1 atom stereocenters. The summed E-state index contributed by atoms with van der Waals surface area (Å²) >= 11 is 12.4. The number of fused-ring (bicyclic) bond motifs is 1. The molecule has 0 saturated carbocycles. The number of benzene rings is 2. The van der Waals surface area contributed by atoms with Gasteiger partial charge in [-0.1, -0.05) is 73.1 Å². The van der Waals surface area contributed by atoms with Crippen LogP contribution in [0.15, 0.2) is 66.9 Å². The van der Waals surface area contributed by atoms with Crippen LogP contribution in [-0.4, -0.2) is 32.7 Å². The van der Waals surface area contributed by atoms with Crippen LogP contribution < -0.4 is 15.8 Å². The van der Waals surface area contributed by atoms with E-state index in [0.717, 1.165) is 11.1 Å². The minimum atomic E-state index is -1.08. The fraction of sp³-hybridized carbons (Fsp3) is 0.296. The second-order valence-corrected chi connectivity index (χ2v) is 9.66. The van der Waals surface area contributed by atoms with Gasteiger partial charge in [0, 0.05) is 11.8 Å². The second-order valence-electron chi connectivity index (χ2n) is 8.87. The molecule has 0 unspecified atom stereocenters. The molecule has 4 rings (SSSR count). The van der Waals surface area contributed by atoms with Gasteiger partial charge in [-0.15, -0.1) is 10.2 Å². The largest absolute Gasteiger partial charge is 0.485 e. The topological polar surface area (TPSA) is 104 Å². The Morgan fingerprint density at radius 1 is 1.05 bits per heavy atom. The predicted octanol–water partition coefficient (Wildman–Crippen LogP) is 5.36. The van der Waals surface area contributed by atoms with E-state index in [4.69, 9.17) is 38.4 Å². The van der Waals surface area contributed by atoms with Gasteiger partial charge < -0.3 is 20.5 Å². The molecule has 0 aliphatic carbocycles. The third kappa shape index (κ3) is 6.99. The van der Waals surface area contributed by atoms with Crippen molar-refractivity contribution in [3.8, 4) is 5.75 Å². The summed E-state index contributed by atoms with van der Waals surface area (Å²) in [5.41, 5.74) is 7.19. The van der Waals surface area contributed by atoms with Crippen LogP contribution in [0.1, 0.15) is 44.3 Å². The zero-order chi connectivity index (χ0) is 25.7. The van der Waals surface area contributed by atoms with E-state index in [1.165, 1.54) is 0 Å². The minimum Gasteiger partial charge on any atom is -0.485 e. The highest BCUT2D eigenvalue weighted by Gasteiger charge is 2.28. The number of hydrogen-bond acceptors (Lipinski definition) is 6. The monoisotopic (exact) mass is 543 g/mol. The van der Waals surface area contributed by atoms with Crippen molar-refractivity contribution in [3.05, 3.63) is 93.9 Å². The average molecular weight is 544 g/mol.